The van der Waals surface area contributed by atoms with E-state index >= 15 is 0 Å². The van der Waals surface area contributed by atoms with E-state index in [0.717, 1.165) is 25.2 Å². The summed E-state index contributed by atoms with van der Waals surface area (Å²) in [5, 5.41) is 2.39. The first-order chi connectivity index (χ1) is 13.2. The molecule has 2 heterocycles. The summed E-state index contributed by atoms with van der Waals surface area (Å²) in [6.07, 6.45) is -3.17. The van der Waals surface area contributed by atoms with E-state index < -0.39 is 17.6 Å². The maximum atomic E-state index is 12.8. The van der Waals surface area contributed by atoms with Crippen LogP contribution in [-0.2, 0) is 6.18 Å². The molecule has 1 N–H and O–H groups in total. The number of benzene rings is 1. The van der Waals surface area contributed by atoms with Crippen LogP contribution in [0.15, 0.2) is 42.6 Å². The summed E-state index contributed by atoms with van der Waals surface area (Å²) >= 11 is 0. The average molecular weight is 392 g/mol. The van der Waals surface area contributed by atoms with Crippen LogP contribution in [0.5, 0.6) is 0 Å². The van der Waals surface area contributed by atoms with E-state index in [0.29, 0.717) is 18.7 Å². The third kappa shape index (κ3) is 4.66. The minimum Gasteiger partial charge on any atom is -0.336 e. The standard InChI is InChI=1S/C19H19F3N4O2/c1-25-7-9-26(10-8-25)18(28)13-5-6-23-16(11-13)17(27)24-15-4-2-3-14(12-15)19(20,21)22/h2-6,11-12H,7-10H2,1H3,(H,24,27). The zero-order valence-electron chi connectivity index (χ0n) is 15.2. The number of nitrogens with one attached hydrogen (secondary N) is 1. The first-order valence-corrected chi connectivity index (χ1v) is 8.66. The highest BCUT2D eigenvalue weighted by Gasteiger charge is 2.30. The molecule has 1 aromatic heterocycles. The molecule has 1 fully saturated rings. The van der Waals surface area contributed by atoms with Crippen LogP contribution in [0.25, 0.3) is 0 Å². The Bertz CT molecular complexity index is 877. The van der Waals surface area contributed by atoms with Crippen LogP contribution in [0, 0.1) is 0 Å². The Morgan fingerprint density at radius 1 is 1.07 bits per heavy atom. The second kappa shape index (κ2) is 7.97. The van der Waals surface area contributed by atoms with Crippen LogP contribution in [0.3, 0.4) is 0 Å². The molecule has 1 saturated heterocycles. The lowest BCUT2D eigenvalue weighted by atomic mass is 10.1. The first-order valence-electron chi connectivity index (χ1n) is 8.66. The molecule has 1 aromatic carbocycles. The van der Waals surface area contributed by atoms with Gasteiger partial charge in [-0.05, 0) is 37.4 Å². The van der Waals surface area contributed by atoms with Gasteiger partial charge in [-0.2, -0.15) is 13.2 Å². The lowest BCUT2D eigenvalue weighted by Gasteiger charge is -2.32. The van der Waals surface area contributed by atoms with Crippen LogP contribution >= 0.6 is 0 Å². The van der Waals surface area contributed by atoms with Crippen LogP contribution < -0.4 is 5.32 Å². The number of hydrogen-bond acceptors (Lipinski definition) is 4. The van der Waals surface area contributed by atoms with Crippen molar-refractivity contribution in [1.29, 1.82) is 0 Å². The van der Waals surface area contributed by atoms with E-state index in [4.69, 9.17) is 0 Å². The van der Waals surface area contributed by atoms with Crippen molar-refractivity contribution in [3.63, 3.8) is 0 Å². The van der Waals surface area contributed by atoms with E-state index in [2.05, 4.69) is 15.2 Å². The number of aromatic nitrogens is 1. The number of carbonyl (C=O) groups is 2. The molecule has 1 aliphatic rings. The molecule has 0 spiro atoms. The van der Waals surface area contributed by atoms with Crippen LogP contribution in [-0.4, -0.2) is 59.8 Å². The van der Waals surface area contributed by atoms with Crippen LogP contribution in [0.4, 0.5) is 18.9 Å². The third-order valence-corrected chi connectivity index (χ3v) is 4.48. The largest absolute Gasteiger partial charge is 0.416 e. The summed E-state index contributed by atoms with van der Waals surface area (Å²) in [5.41, 5.74) is -0.596. The number of alkyl halides is 3. The third-order valence-electron chi connectivity index (χ3n) is 4.48. The summed E-state index contributed by atoms with van der Waals surface area (Å²) in [7, 11) is 1.98. The Morgan fingerprint density at radius 2 is 1.79 bits per heavy atom. The molecule has 2 amide bonds. The van der Waals surface area contributed by atoms with E-state index in [9.17, 15) is 22.8 Å². The average Bonchev–Trinajstić information content (AvgIpc) is 2.67. The molecule has 0 saturated carbocycles. The van der Waals surface area contributed by atoms with Gasteiger partial charge in [-0.15, -0.1) is 0 Å². The lowest BCUT2D eigenvalue weighted by molar-refractivity contribution is -0.137. The van der Waals surface area contributed by atoms with Gasteiger partial charge in [0, 0.05) is 43.6 Å². The van der Waals surface area contributed by atoms with Gasteiger partial charge in [0.25, 0.3) is 11.8 Å². The fraction of sp³-hybridized carbons (Fsp3) is 0.316. The fourth-order valence-corrected chi connectivity index (χ4v) is 2.85. The Balaban J connectivity index is 1.73. The molecule has 148 valence electrons. The summed E-state index contributed by atoms with van der Waals surface area (Å²) in [6.45, 7) is 2.70. The molecule has 9 heteroatoms. The minimum absolute atomic E-state index is 0.00239. The Morgan fingerprint density at radius 3 is 2.46 bits per heavy atom. The second-order valence-electron chi connectivity index (χ2n) is 6.56. The quantitative estimate of drug-likeness (QED) is 0.873. The Hall–Kier alpha value is -2.94. The molecule has 1 aliphatic heterocycles. The van der Waals surface area contributed by atoms with Gasteiger partial charge in [0.05, 0.1) is 5.56 Å². The zero-order valence-corrected chi connectivity index (χ0v) is 15.2. The molecule has 0 aliphatic carbocycles. The lowest BCUT2D eigenvalue weighted by Crippen LogP contribution is -2.47. The highest BCUT2D eigenvalue weighted by Crippen LogP contribution is 2.30. The number of likely N-dealkylation sites (N-methyl/N-ethyl adjacent to an activating group) is 1. The van der Waals surface area contributed by atoms with Crippen molar-refractivity contribution in [2.45, 2.75) is 6.18 Å². The maximum absolute atomic E-state index is 12.8. The van der Waals surface area contributed by atoms with Crippen molar-refractivity contribution < 1.29 is 22.8 Å². The van der Waals surface area contributed by atoms with E-state index in [1.165, 1.54) is 30.5 Å². The number of anilines is 1. The van der Waals surface area contributed by atoms with E-state index in [1.54, 1.807) is 4.90 Å². The number of piperazine rings is 1. The van der Waals surface area contributed by atoms with Gasteiger partial charge in [0.15, 0.2) is 0 Å². The van der Waals surface area contributed by atoms with Gasteiger partial charge in [-0.3, -0.25) is 14.6 Å². The predicted molar refractivity (Wildman–Crippen MR) is 97.0 cm³/mol. The molecule has 0 unspecified atom stereocenters. The van der Waals surface area contributed by atoms with Crippen molar-refractivity contribution in [1.82, 2.24) is 14.8 Å². The number of pyridine rings is 1. The molecular weight excluding hydrogens is 373 g/mol. The smallest absolute Gasteiger partial charge is 0.336 e. The first kappa shape index (κ1) is 19.8. The summed E-state index contributed by atoms with van der Waals surface area (Å²) in [5.74, 6) is -0.893. The van der Waals surface area contributed by atoms with Crippen LogP contribution in [0.2, 0.25) is 0 Å². The van der Waals surface area contributed by atoms with Gasteiger partial charge in [-0.1, -0.05) is 6.07 Å². The van der Waals surface area contributed by atoms with Crippen LogP contribution in [0.1, 0.15) is 26.4 Å². The van der Waals surface area contributed by atoms with Gasteiger partial charge in [-0.25, -0.2) is 0 Å². The SMILES string of the molecule is CN1CCN(C(=O)c2ccnc(C(=O)Nc3cccc(C(F)(F)F)c3)c2)CC1. The predicted octanol–water partition coefficient (Wildman–Crippen LogP) is 2.74. The van der Waals surface area contributed by atoms with Gasteiger partial charge >= 0.3 is 6.18 Å². The topological polar surface area (TPSA) is 65.5 Å². The van der Waals surface area contributed by atoms with Crippen molar-refractivity contribution in [2.75, 3.05) is 38.5 Å². The number of rotatable bonds is 3. The monoisotopic (exact) mass is 392 g/mol. The van der Waals surface area contributed by atoms with E-state index in [-0.39, 0.29) is 17.3 Å². The normalized spacial score (nSPS) is 15.4. The fourth-order valence-electron chi connectivity index (χ4n) is 2.85. The van der Waals surface area contributed by atoms with Crippen molar-refractivity contribution in [2.24, 2.45) is 0 Å². The Labute approximate surface area is 160 Å². The van der Waals surface area contributed by atoms with Gasteiger partial charge in [0.1, 0.15) is 5.69 Å². The summed E-state index contributed by atoms with van der Waals surface area (Å²) < 4.78 is 38.4. The number of carbonyl (C=O) groups excluding carboxylic acids is 2. The molecular formula is C19H19F3N4O2. The molecule has 2 aromatic rings. The van der Waals surface area contributed by atoms with E-state index in [1.807, 2.05) is 7.05 Å². The molecule has 28 heavy (non-hydrogen) atoms. The van der Waals surface area contributed by atoms with Gasteiger partial charge < -0.3 is 15.1 Å². The second-order valence-corrected chi connectivity index (χ2v) is 6.56. The maximum Gasteiger partial charge on any atom is 0.416 e. The summed E-state index contributed by atoms with van der Waals surface area (Å²) in [4.78, 5) is 32.7. The number of nitrogens with zero attached hydrogens (tertiary/aromatic N) is 3. The molecule has 0 bridgehead atoms. The van der Waals surface area contributed by atoms with Crippen molar-refractivity contribution >= 4 is 17.5 Å². The van der Waals surface area contributed by atoms with Crippen molar-refractivity contribution in [3.8, 4) is 0 Å². The van der Waals surface area contributed by atoms with Crippen molar-refractivity contribution in [3.05, 3.63) is 59.4 Å². The zero-order chi connectivity index (χ0) is 20.3. The molecule has 3 rings (SSSR count). The number of halogens is 3. The number of hydrogen-bond donors (Lipinski definition) is 1. The minimum atomic E-state index is -4.51. The molecule has 0 atom stereocenters. The van der Waals surface area contributed by atoms with Gasteiger partial charge in [0.2, 0.25) is 0 Å². The number of amides is 2. The molecule has 6 nitrogen and oxygen atoms in total. The molecule has 0 radical (unpaired) electrons. The summed E-state index contributed by atoms with van der Waals surface area (Å²) in [6, 6.07) is 7.19. The Kier molecular flexibility index (Phi) is 5.64. The highest BCUT2D eigenvalue weighted by molar-refractivity contribution is 6.04. The highest BCUT2D eigenvalue weighted by atomic mass is 19.4.